The van der Waals surface area contributed by atoms with Gasteiger partial charge in [-0.1, -0.05) is 6.08 Å². The van der Waals surface area contributed by atoms with Gasteiger partial charge in [-0.3, -0.25) is 4.79 Å². The Hall–Kier alpha value is -2.02. The molecule has 0 aliphatic rings. The van der Waals surface area contributed by atoms with Gasteiger partial charge < -0.3 is 15.7 Å². The van der Waals surface area contributed by atoms with Crippen LogP contribution in [0.4, 0.5) is 18.9 Å². The van der Waals surface area contributed by atoms with Crippen LogP contribution in [-0.4, -0.2) is 24.1 Å². The number of rotatable bonds is 5. The fraction of sp³-hybridized carbons (Fsp3) is 0.250. The van der Waals surface area contributed by atoms with Gasteiger partial charge in [-0.25, -0.2) is 0 Å². The van der Waals surface area contributed by atoms with Crippen molar-refractivity contribution in [1.29, 1.82) is 0 Å². The summed E-state index contributed by atoms with van der Waals surface area (Å²) in [7, 11) is 0. The minimum Gasteiger partial charge on any atom is -0.506 e. The monoisotopic (exact) mass is 274 g/mol. The summed E-state index contributed by atoms with van der Waals surface area (Å²) in [5, 5.41) is 14.3. The first kappa shape index (κ1) is 15.0. The lowest BCUT2D eigenvalue weighted by atomic mass is 10.2. The van der Waals surface area contributed by atoms with Gasteiger partial charge in [0, 0.05) is 6.54 Å². The largest absolute Gasteiger partial charge is 0.506 e. The number of alkyl halides is 3. The summed E-state index contributed by atoms with van der Waals surface area (Å²) in [6.07, 6.45) is -3.00. The summed E-state index contributed by atoms with van der Waals surface area (Å²) in [6, 6.07) is 2.30. The predicted octanol–water partition coefficient (Wildman–Crippen LogP) is 2.13. The second-order valence-electron chi connectivity index (χ2n) is 3.70. The quantitative estimate of drug-likeness (QED) is 0.438. The fourth-order valence-electron chi connectivity index (χ4n) is 1.29. The molecule has 7 heteroatoms. The van der Waals surface area contributed by atoms with Crippen molar-refractivity contribution in [2.45, 2.75) is 6.18 Å². The van der Waals surface area contributed by atoms with E-state index in [4.69, 9.17) is 0 Å². The van der Waals surface area contributed by atoms with E-state index in [2.05, 4.69) is 17.2 Å². The zero-order valence-electron chi connectivity index (χ0n) is 9.92. The second kappa shape index (κ2) is 6.24. The third kappa shape index (κ3) is 4.63. The van der Waals surface area contributed by atoms with E-state index in [1.165, 1.54) is 6.08 Å². The maximum absolute atomic E-state index is 12.5. The maximum Gasteiger partial charge on any atom is 0.416 e. The van der Waals surface area contributed by atoms with Crippen molar-refractivity contribution in [2.75, 3.05) is 18.4 Å². The first-order chi connectivity index (χ1) is 8.84. The lowest BCUT2D eigenvalue weighted by Gasteiger charge is -2.11. The van der Waals surface area contributed by atoms with E-state index in [9.17, 15) is 23.1 Å². The minimum atomic E-state index is -4.53. The lowest BCUT2D eigenvalue weighted by Crippen LogP contribution is -2.28. The summed E-state index contributed by atoms with van der Waals surface area (Å²) in [5.41, 5.74) is -1.22. The van der Waals surface area contributed by atoms with Gasteiger partial charge in [-0.15, -0.1) is 6.58 Å². The van der Waals surface area contributed by atoms with E-state index in [0.29, 0.717) is 12.6 Å². The van der Waals surface area contributed by atoms with Gasteiger partial charge in [0.15, 0.2) is 0 Å². The summed E-state index contributed by atoms with van der Waals surface area (Å²) >= 11 is 0. The molecule has 0 aromatic heterocycles. The number of anilines is 1. The number of aromatic hydroxyl groups is 1. The Labute approximate surface area is 107 Å². The second-order valence-corrected chi connectivity index (χ2v) is 3.70. The zero-order chi connectivity index (χ0) is 14.5. The molecule has 0 aliphatic heterocycles. The highest BCUT2D eigenvalue weighted by atomic mass is 19.4. The van der Waals surface area contributed by atoms with Crippen LogP contribution in [0.3, 0.4) is 0 Å². The molecule has 0 fully saturated rings. The third-order valence-electron chi connectivity index (χ3n) is 2.17. The average molecular weight is 274 g/mol. The lowest BCUT2D eigenvalue weighted by molar-refractivity contribution is -0.137. The van der Waals surface area contributed by atoms with Crippen molar-refractivity contribution < 1.29 is 23.1 Å². The number of benzene rings is 1. The number of phenols is 1. The van der Waals surface area contributed by atoms with Crippen molar-refractivity contribution >= 4 is 11.6 Å². The first-order valence-corrected chi connectivity index (χ1v) is 5.36. The number of carbonyl (C=O) groups is 1. The standard InChI is InChI=1S/C12H13F3N2O2/c1-2-5-16-7-11(19)17-9-6-8(12(13,14)15)3-4-10(9)18/h2-4,6,16,18H,1,5,7H2,(H,17,19). The van der Waals surface area contributed by atoms with Crippen LogP contribution in [-0.2, 0) is 11.0 Å². The van der Waals surface area contributed by atoms with Gasteiger partial charge in [0.25, 0.3) is 0 Å². The minimum absolute atomic E-state index is 0.0955. The molecule has 0 saturated carbocycles. The Morgan fingerprint density at radius 1 is 1.42 bits per heavy atom. The van der Waals surface area contributed by atoms with E-state index in [0.717, 1.165) is 12.1 Å². The molecule has 1 aromatic rings. The molecule has 0 unspecified atom stereocenters. The van der Waals surface area contributed by atoms with Crippen LogP contribution in [0, 0.1) is 0 Å². The summed E-state index contributed by atoms with van der Waals surface area (Å²) in [6.45, 7) is 3.73. The summed E-state index contributed by atoms with van der Waals surface area (Å²) in [4.78, 5) is 11.4. The van der Waals surface area contributed by atoms with E-state index >= 15 is 0 Å². The van der Waals surface area contributed by atoms with Gasteiger partial charge >= 0.3 is 6.18 Å². The molecule has 0 saturated heterocycles. The average Bonchev–Trinajstić information content (AvgIpc) is 2.31. The molecule has 0 bridgehead atoms. The molecule has 1 rings (SSSR count). The third-order valence-corrected chi connectivity index (χ3v) is 2.17. The number of hydrogen-bond acceptors (Lipinski definition) is 3. The van der Waals surface area contributed by atoms with Gasteiger partial charge in [0.1, 0.15) is 5.75 Å². The van der Waals surface area contributed by atoms with Crippen LogP contribution in [0.2, 0.25) is 0 Å². The van der Waals surface area contributed by atoms with Crippen molar-refractivity contribution in [3.05, 3.63) is 36.4 Å². The van der Waals surface area contributed by atoms with E-state index in [1.54, 1.807) is 0 Å². The molecule has 1 aromatic carbocycles. The van der Waals surface area contributed by atoms with E-state index in [1.807, 2.05) is 0 Å². The van der Waals surface area contributed by atoms with Gasteiger partial charge in [-0.05, 0) is 18.2 Å². The normalized spacial score (nSPS) is 11.1. The molecule has 19 heavy (non-hydrogen) atoms. The van der Waals surface area contributed by atoms with Crippen molar-refractivity contribution in [3.8, 4) is 5.75 Å². The van der Waals surface area contributed by atoms with E-state index < -0.39 is 23.4 Å². The Morgan fingerprint density at radius 2 is 2.11 bits per heavy atom. The molecular weight excluding hydrogens is 261 g/mol. The molecule has 1 amide bonds. The van der Waals surface area contributed by atoms with Crippen LogP contribution in [0.5, 0.6) is 5.75 Å². The summed E-state index contributed by atoms with van der Waals surface area (Å²) < 4.78 is 37.4. The molecule has 4 nitrogen and oxygen atoms in total. The highest BCUT2D eigenvalue weighted by Gasteiger charge is 2.31. The molecule has 0 radical (unpaired) electrons. The Balaban J connectivity index is 2.77. The van der Waals surface area contributed by atoms with Crippen molar-refractivity contribution in [1.82, 2.24) is 5.32 Å². The smallest absolute Gasteiger partial charge is 0.416 e. The number of carbonyl (C=O) groups excluding carboxylic acids is 1. The molecule has 104 valence electrons. The topological polar surface area (TPSA) is 61.4 Å². The highest BCUT2D eigenvalue weighted by molar-refractivity contribution is 5.93. The molecule has 0 aliphatic carbocycles. The molecular formula is C12H13F3N2O2. The Kier molecular flexibility index (Phi) is 4.94. The fourth-order valence-corrected chi connectivity index (χ4v) is 1.29. The number of nitrogens with one attached hydrogen (secondary N) is 2. The molecule has 3 N–H and O–H groups in total. The molecule has 0 heterocycles. The number of phenolic OH excluding ortho intramolecular Hbond substituents is 1. The van der Waals surface area contributed by atoms with Gasteiger partial charge in [0.2, 0.25) is 5.91 Å². The zero-order valence-corrected chi connectivity index (χ0v) is 9.92. The van der Waals surface area contributed by atoms with Gasteiger partial charge in [-0.2, -0.15) is 13.2 Å². The highest BCUT2D eigenvalue weighted by Crippen LogP contribution is 2.34. The SMILES string of the molecule is C=CCNCC(=O)Nc1cc(C(F)(F)F)ccc1O. The number of halogens is 3. The molecule has 0 atom stereocenters. The number of hydrogen-bond donors (Lipinski definition) is 3. The van der Waals surface area contributed by atoms with Crippen LogP contribution >= 0.6 is 0 Å². The van der Waals surface area contributed by atoms with Crippen molar-refractivity contribution in [3.63, 3.8) is 0 Å². The van der Waals surface area contributed by atoms with Crippen LogP contribution < -0.4 is 10.6 Å². The number of amides is 1. The Morgan fingerprint density at radius 3 is 2.68 bits per heavy atom. The van der Waals surface area contributed by atoms with Crippen molar-refractivity contribution in [2.24, 2.45) is 0 Å². The predicted molar refractivity (Wildman–Crippen MR) is 64.8 cm³/mol. The first-order valence-electron chi connectivity index (χ1n) is 5.36. The van der Waals surface area contributed by atoms with E-state index in [-0.39, 0.29) is 12.2 Å². The summed E-state index contributed by atoms with van der Waals surface area (Å²) in [5.74, 6) is -0.985. The van der Waals surface area contributed by atoms with Crippen LogP contribution in [0.15, 0.2) is 30.9 Å². The Bertz CT molecular complexity index is 473. The maximum atomic E-state index is 12.5. The van der Waals surface area contributed by atoms with Crippen LogP contribution in [0.25, 0.3) is 0 Å². The van der Waals surface area contributed by atoms with Crippen LogP contribution in [0.1, 0.15) is 5.56 Å². The van der Waals surface area contributed by atoms with Gasteiger partial charge in [0.05, 0.1) is 17.8 Å². The molecule has 0 spiro atoms.